The topological polar surface area (TPSA) is 62.3 Å². The zero-order valence-electron chi connectivity index (χ0n) is 13.1. The zero-order valence-corrected chi connectivity index (χ0v) is 15.6. The highest BCUT2D eigenvalue weighted by Gasteiger charge is 2.17. The van der Waals surface area contributed by atoms with Crippen molar-refractivity contribution in [1.29, 1.82) is 0 Å². The fourth-order valence-electron chi connectivity index (χ4n) is 2.58. The van der Waals surface area contributed by atoms with Gasteiger partial charge in [0, 0.05) is 36.3 Å². The number of aromatic nitrogens is 1. The summed E-state index contributed by atoms with van der Waals surface area (Å²) in [7, 11) is -3.39. The Bertz CT molecular complexity index is 746. The Kier molecular flexibility index (Phi) is 5.35. The Hall–Kier alpha value is -0.960. The van der Waals surface area contributed by atoms with Crippen molar-refractivity contribution < 1.29 is 8.42 Å². The fraction of sp³-hybridized carbons (Fsp3) is 0.533. The maximum absolute atomic E-state index is 12.2. The minimum Gasteiger partial charge on any atom is -0.348 e. The van der Waals surface area contributed by atoms with Crippen LogP contribution in [0.3, 0.4) is 0 Å². The summed E-state index contributed by atoms with van der Waals surface area (Å²) in [6, 6.07) is 3.48. The van der Waals surface area contributed by atoms with Gasteiger partial charge in [-0.2, -0.15) is 0 Å². The molecule has 0 spiro atoms. The summed E-state index contributed by atoms with van der Waals surface area (Å²) < 4.78 is 27.4. The van der Waals surface area contributed by atoms with Gasteiger partial charge in [0.25, 0.3) is 0 Å². The number of sulfonamides is 1. The molecule has 126 valence electrons. The number of rotatable bonds is 6. The van der Waals surface area contributed by atoms with Crippen molar-refractivity contribution in [2.45, 2.75) is 36.8 Å². The van der Waals surface area contributed by atoms with Crippen molar-refractivity contribution in [2.24, 2.45) is 0 Å². The lowest BCUT2D eigenvalue weighted by atomic mass is 10.1. The Balaban J connectivity index is 1.53. The van der Waals surface area contributed by atoms with E-state index in [9.17, 15) is 8.42 Å². The molecule has 5 nitrogen and oxygen atoms in total. The maximum Gasteiger partial charge on any atom is 0.250 e. The minimum absolute atomic E-state index is 0.377. The third kappa shape index (κ3) is 4.32. The fourth-order valence-corrected chi connectivity index (χ4v) is 5.86. The first-order valence-corrected chi connectivity index (χ1v) is 11.0. The minimum atomic E-state index is -3.39. The molecule has 0 bridgehead atoms. The van der Waals surface area contributed by atoms with Crippen LogP contribution in [-0.4, -0.2) is 33.0 Å². The van der Waals surface area contributed by atoms with Gasteiger partial charge in [-0.25, -0.2) is 18.1 Å². The standard InChI is InChI=1S/C15H21N3O2S3/c1-12-5-6-14(22-12)23(19,20)16-8-7-13-11-21-15(17-13)18-9-3-2-4-10-18/h5-6,11,16H,2-4,7-10H2,1H3. The molecule has 0 atom stereocenters. The van der Waals surface area contributed by atoms with E-state index in [2.05, 4.69) is 14.6 Å². The molecule has 2 aromatic rings. The van der Waals surface area contributed by atoms with E-state index in [0.717, 1.165) is 28.8 Å². The second-order valence-corrected chi connectivity index (χ2v) is 9.80. The van der Waals surface area contributed by atoms with Gasteiger partial charge in [-0.15, -0.1) is 22.7 Å². The summed E-state index contributed by atoms with van der Waals surface area (Å²) in [4.78, 5) is 7.97. The van der Waals surface area contributed by atoms with Crippen LogP contribution < -0.4 is 9.62 Å². The van der Waals surface area contributed by atoms with Crippen molar-refractivity contribution in [3.05, 3.63) is 28.1 Å². The molecule has 0 aromatic carbocycles. The van der Waals surface area contributed by atoms with E-state index in [1.165, 1.54) is 30.6 Å². The second kappa shape index (κ2) is 7.29. The maximum atomic E-state index is 12.2. The van der Waals surface area contributed by atoms with Crippen LogP contribution in [0.5, 0.6) is 0 Å². The van der Waals surface area contributed by atoms with Crippen molar-refractivity contribution in [3.8, 4) is 0 Å². The monoisotopic (exact) mass is 371 g/mol. The van der Waals surface area contributed by atoms with Crippen LogP contribution >= 0.6 is 22.7 Å². The van der Waals surface area contributed by atoms with E-state index >= 15 is 0 Å². The number of nitrogens with one attached hydrogen (secondary N) is 1. The summed E-state index contributed by atoms with van der Waals surface area (Å²) in [5.74, 6) is 0. The molecule has 0 radical (unpaired) electrons. The van der Waals surface area contributed by atoms with E-state index in [4.69, 9.17) is 0 Å². The molecule has 8 heteroatoms. The van der Waals surface area contributed by atoms with Crippen LogP contribution in [0.2, 0.25) is 0 Å². The average Bonchev–Trinajstić information content (AvgIpc) is 3.17. The van der Waals surface area contributed by atoms with Gasteiger partial charge in [-0.3, -0.25) is 0 Å². The highest BCUT2D eigenvalue weighted by molar-refractivity contribution is 7.91. The summed E-state index contributed by atoms with van der Waals surface area (Å²) in [5.41, 5.74) is 0.959. The number of thiophene rings is 1. The third-order valence-corrected chi connectivity index (χ3v) is 7.72. The molecule has 3 rings (SSSR count). The zero-order chi connectivity index (χ0) is 16.3. The molecule has 0 unspecified atom stereocenters. The number of piperidine rings is 1. The molecule has 1 fully saturated rings. The van der Waals surface area contributed by atoms with E-state index in [-0.39, 0.29) is 0 Å². The van der Waals surface area contributed by atoms with Crippen molar-refractivity contribution >= 4 is 37.8 Å². The Morgan fingerprint density at radius 1 is 1.26 bits per heavy atom. The van der Waals surface area contributed by atoms with Crippen LogP contribution in [-0.2, 0) is 16.4 Å². The predicted octanol–water partition coefficient (Wildman–Crippen LogP) is 3.02. The van der Waals surface area contributed by atoms with Gasteiger partial charge in [0.1, 0.15) is 4.21 Å². The predicted molar refractivity (Wildman–Crippen MR) is 96.1 cm³/mol. The highest BCUT2D eigenvalue weighted by Crippen LogP contribution is 2.24. The summed E-state index contributed by atoms with van der Waals surface area (Å²) in [6.45, 7) is 4.44. The number of hydrogen-bond donors (Lipinski definition) is 1. The van der Waals surface area contributed by atoms with Gasteiger partial charge in [-0.1, -0.05) is 0 Å². The van der Waals surface area contributed by atoms with Gasteiger partial charge in [0.05, 0.1) is 5.69 Å². The molecule has 0 amide bonds. The molecular weight excluding hydrogens is 350 g/mol. The SMILES string of the molecule is Cc1ccc(S(=O)(=O)NCCc2csc(N3CCCCC3)n2)s1. The molecule has 1 N–H and O–H groups in total. The van der Waals surface area contributed by atoms with Crippen LogP contribution in [0.15, 0.2) is 21.7 Å². The van der Waals surface area contributed by atoms with Gasteiger partial charge in [0.2, 0.25) is 10.0 Å². The quantitative estimate of drug-likeness (QED) is 0.848. The van der Waals surface area contributed by atoms with Gasteiger partial charge < -0.3 is 4.90 Å². The van der Waals surface area contributed by atoms with Gasteiger partial charge in [0.15, 0.2) is 5.13 Å². The Labute approximate surface area is 145 Å². The molecule has 0 saturated carbocycles. The Morgan fingerprint density at radius 3 is 2.74 bits per heavy atom. The number of aryl methyl sites for hydroxylation is 1. The summed E-state index contributed by atoms with van der Waals surface area (Å²) in [5, 5.41) is 3.10. The van der Waals surface area contributed by atoms with Gasteiger partial charge >= 0.3 is 0 Å². The first kappa shape index (κ1) is 16.9. The Morgan fingerprint density at radius 2 is 2.04 bits per heavy atom. The van der Waals surface area contributed by atoms with Crippen LogP contribution in [0, 0.1) is 6.92 Å². The lowest BCUT2D eigenvalue weighted by molar-refractivity contribution is 0.576. The first-order valence-electron chi connectivity index (χ1n) is 7.80. The largest absolute Gasteiger partial charge is 0.348 e. The van der Waals surface area contributed by atoms with E-state index in [1.807, 2.05) is 18.4 Å². The second-order valence-electron chi connectivity index (χ2n) is 5.68. The normalized spacial score (nSPS) is 16.0. The number of hydrogen-bond acceptors (Lipinski definition) is 6. The van der Waals surface area contributed by atoms with E-state index in [0.29, 0.717) is 17.2 Å². The van der Waals surface area contributed by atoms with Crippen molar-refractivity contribution in [3.63, 3.8) is 0 Å². The number of thiazole rings is 1. The van der Waals surface area contributed by atoms with Gasteiger partial charge in [-0.05, 0) is 38.3 Å². The smallest absolute Gasteiger partial charge is 0.250 e. The molecular formula is C15H21N3O2S3. The van der Waals surface area contributed by atoms with Crippen LogP contribution in [0.25, 0.3) is 0 Å². The molecule has 0 aliphatic carbocycles. The first-order chi connectivity index (χ1) is 11.0. The van der Waals surface area contributed by atoms with Crippen molar-refractivity contribution in [2.75, 3.05) is 24.5 Å². The molecule has 3 heterocycles. The number of anilines is 1. The van der Waals surface area contributed by atoms with E-state index < -0.39 is 10.0 Å². The lowest BCUT2D eigenvalue weighted by Crippen LogP contribution is -2.29. The summed E-state index contributed by atoms with van der Waals surface area (Å²) >= 11 is 2.95. The molecule has 1 aliphatic heterocycles. The van der Waals surface area contributed by atoms with E-state index in [1.54, 1.807) is 17.4 Å². The molecule has 2 aromatic heterocycles. The average molecular weight is 372 g/mol. The summed E-state index contributed by atoms with van der Waals surface area (Å²) in [6.07, 6.45) is 4.39. The molecule has 1 aliphatic rings. The lowest BCUT2D eigenvalue weighted by Gasteiger charge is -2.25. The molecule has 1 saturated heterocycles. The number of nitrogens with zero attached hydrogens (tertiary/aromatic N) is 2. The third-order valence-electron chi connectivity index (χ3n) is 3.82. The van der Waals surface area contributed by atoms with Crippen LogP contribution in [0.1, 0.15) is 29.8 Å². The van der Waals surface area contributed by atoms with Crippen LogP contribution in [0.4, 0.5) is 5.13 Å². The highest BCUT2D eigenvalue weighted by atomic mass is 32.2. The molecule has 23 heavy (non-hydrogen) atoms. The van der Waals surface area contributed by atoms with Crippen molar-refractivity contribution in [1.82, 2.24) is 9.71 Å².